The summed E-state index contributed by atoms with van der Waals surface area (Å²) in [6.45, 7) is 0. The first kappa shape index (κ1) is 10.9. The number of carbonyl (C=O) groups excluding carboxylic acids is 1. The van der Waals surface area contributed by atoms with Gasteiger partial charge in [0.2, 0.25) is 0 Å². The molecule has 1 saturated carbocycles. The van der Waals surface area contributed by atoms with Crippen molar-refractivity contribution in [2.45, 2.75) is 31.7 Å². The number of nitrogen functional groups attached to an aromatic ring is 1. The molecule has 1 aliphatic rings. The van der Waals surface area contributed by atoms with Crippen LogP contribution in [0, 0.1) is 0 Å². The zero-order valence-electron chi connectivity index (χ0n) is 9.07. The third-order valence-corrected chi connectivity index (χ3v) is 2.88. The number of aromatic nitrogens is 1. The van der Waals surface area contributed by atoms with E-state index < -0.39 is 0 Å². The standard InChI is InChI=1S/C11H16N4O/c12-15-10-9(6-3-7-13-10)11(16)14-8-4-1-2-5-8/h3,6-8H,1-2,4-5,12H2,(H,13,15)(H,14,16). The molecule has 0 saturated heterocycles. The molecule has 2 rings (SSSR count). The van der Waals surface area contributed by atoms with Gasteiger partial charge in [-0.3, -0.25) is 4.79 Å². The first-order valence-electron chi connectivity index (χ1n) is 5.54. The fraction of sp³-hybridized carbons (Fsp3) is 0.455. The number of anilines is 1. The molecule has 1 aromatic heterocycles. The van der Waals surface area contributed by atoms with Crippen LogP contribution >= 0.6 is 0 Å². The van der Waals surface area contributed by atoms with Gasteiger partial charge in [-0.05, 0) is 25.0 Å². The van der Waals surface area contributed by atoms with Crippen LogP contribution < -0.4 is 16.6 Å². The summed E-state index contributed by atoms with van der Waals surface area (Å²) in [5.41, 5.74) is 2.93. The van der Waals surface area contributed by atoms with Crippen molar-refractivity contribution in [2.75, 3.05) is 5.43 Å². The van der Waals surface area contributed by atoms with Crippen molar-refractivity contribution < 1.29 is 4.79 Å². The van der Waals surface area contributed by atoms with Crippen molar-refractivity contribution in [1.82, 2.24) is 10.3 Å². The summed E-state index contributed by atoms with van der Waals surface area (Å²) >= 11 is 0. The van der Waals surface area contributed by atoms with E-state index in [2.05, 4.69) is 15.7 Å². The first-order valence-corrected chi connectivity index (χ1v) is 5.54. The van der Waals surface area contributed by atoms with Crippen molar-refractivity contribution in [3.8, 4) is 0 Å². The molecule has 1 fully saturated rings. The third kappa shape index (κ3) is 2.30. The van der Waals surface area contributed by atoms with Gasteiger partial charge in [0, 0.05) is 12.2 Å². The molecule has 5 heteroatoms. The highest BCUT2D eigenvalue weighted by Crippen LogP contribution is 2.19. The number of amides is 1. The highest BCUT2D eigenvalue weighted by atomic mass is 16.1. The number of nitrogens with two attached hydrogens (primary N) is 1. The van der Waals surface area contributed by atoms with E-state index >= 15 is 0 Å². The molecule has 16 heavy (non-hydrogen) atoms. The molecule has 5 nitrogen and oxygen atoms in total. The van der Waals surface area contributed by atoms with Crippen molar-refractivity contribution in [1.29, 1.82) is 0 Å². The number of pyridine rings is 1. The summed E-state index contributed by atoms with van der Waals surface area (Å²) < 4.78 is 0. The van der Waals surface area contributed by atoms with Crippen LogP contribution in [-0.2, 0) is 0 Å². The summed E-state index contributed by atoms with van der Waals surface area (Å²) in [5.74, 6) is 5.62. The molecule has 86 valence electrons. The SMILES string of the molecule is NNc1ncccc1C(=O)NC1CCCC1. The molecule has 4 N–H and O–H groups in total. The van der Waals surface area contributed by atoms with Crippen molar-refractivity contribution in [2.24, 2.45) is 5.84 Å². The molecule has 1 aromatic rings. The van der Waals surface area contributed by atoms with E-state index in [1.54, 1.807) is 18.3 Å². The Bertz CT molecular complexity index is 374. The third-order valence-electron chi connectivity index (χ3n) is 2.88. The molecule has 0 radical (unpaired) electrons. The molecule has 0 spiro atoms. The van der Waals surface area contributed by atoms with Gasteiger partial charge in [-0.15, -0.1) is 0 Å². The molecular weight excluding hydrogens is 204 g/mol. The van der Waals surface area contributed by atoms with Gasteiger partial charge in [0.1, 0.15) is 0 Å². The van der Waals surface area contributed by atoms with Crippen LogP contribution in [0.2, 0.25) is 0 Å². The van der Waals surface area contributed by atoms with Crippen LogP contribution in [0.3, 0.4) is 0 Å². The Hall–Kier alpha value is -1.62. The van der Waals surface area contributed by atoms with Crippen LogP contribution in [0.1, 0.15) is 36.0 Å². The van der Waals surface area contributed by atoms with E-state index in [-0.39, 0.29) is 5.91 Å². The van der Waals surface area contributed by atoms with Crippen LogP contribution in [-0.4, -0.2) is 16.9 Å². The number of hydrogen-bond acceptors (Lipinski definition) is 4. The minimum Gasteiger partial charge on any atom is -0.349 e. The molecule has 0 aliphatic heterocycles. The summed E-state index contributed by atoms with van der Waals surface area (Å²) in [5, 5.41) is 3.00. The minimum atomic E-state index is -0.104. The fourth-order valence-electron chi connectivity index (χ4n) is 2.04. The van der Waals surface area contributed by atoms with E-state index in [1.807, 2.05) is 0 Å². The maximum atomic E-state index is 11.9. The molecule has 1 aliphatic carbocycles. The van der Waals surface area contributed by atoms with Gasteiger partial charge in [-0.2, -0.15) is 0 Å². The number of hydrogen-bond donors (Lipinski definition) is 3. The monoisotopic (exact) mass is 220 g/mol. The Morgan fingerprint density at radius 3 is 2.88 bits per heavy atom. The lowest BCUT2D eigenvalue weighted by Crippen LogP contribution is -2.33. The van der Waals surface area contributed by atoms with Gasteiger partial charge < -0.3 is 10.7 Å². The zero-order valence-corrected chi connectivity index (χ0v) is 9.07. The highest BCUT2D eigenvalue weighted by molar-refractivity contribution is 5.98. The number of rotatable bonds is 3. The number of nitrogens with one attached hydrogen (secondary N) is 2. The average molecular weight is 220 g/mol. The minimum absolute atomic E-state index is 0.104. The maximum absolute atomic E-state index is 11.9. The lowest BCUT2D eigenvalue weighted by Gasteiger charge is -2.13. The lowest BCUT2D eigenvalue weighted by molar-refractivity contribution is 0.0938. The van der Waals surface area contributed by atoms with Crippen LogP contribution in [0.25, 0.3) is 0 Å². The highest BCUT2D eigenvalue weighted by Gasteiger charge is 2.19. The van der Waals surface area contributed by atoms with E-state index in [0.717, 1.165) is 12.8 Å². The molecule has 0 aromatic carbocycles. The average Bonchev–Trinajstić information content (AvgIpc) is 2.81. The van der Waals surface area contributed by atoms with Crippen LogP contribution in [0.15, 0.2) is 18.3 Å². The smallest absolute Gasteiger partial charge is 0.255 e. The molecule has 0 bridgehead atoms. The Balaban J connectivity index is 2.07. The zero-order chi connectivity index (χ0) is 11.4. The maximum Gasteiger partial charge on any atom is 0.255 e. The number of nitrogens with zero attached hydrogens (tertiary/aromatic N) is 1. The van der Waals surface area contributed by atoms with Crippen molar-refractivity contribution >= 4 is 11.7 Å². The summed E-state index contributed by atoms with van der Waals surface area (Å²) in [6.07, 6.45) is 6.12. The first-order chi connectivity index (χ1) is 7.81. The van der Waals surface area contributed by atoms with E-state index in [9.17, 15) is 4.79 Å². The Morgan fingerprint density at radius 1 is 1.44 bits per heavy atom. The Morgan fingerprint density at radius 2 is 2.19 bits per heavy atom. The fourth-order valence-corrected chi connectivity index (χ4v) is 2.04. The molecule has 0 unspecified atom stereocenters. The van der Waals surface area contributed by atoms with Gasteiger partial charge in [0.15, 0.2) is 5.82 Å². The van der Waals surface area contributed by atoms with Gasteiger partial charge in [-0.25, -0.2) is 10.8 Å². The van der Waals surface area contributed by atoms with Crippen molar-refractivity contribution in [3.63, 3.8) is 0 Å². The van der Waals surface area contributed by atoms with Gasteiger partial charge in [0.25, 0.3) is 5.91 Å². The van der Waals surface area contributed by atoms with Crippen LogP contribution in [0.4, 0.5) is 5.82 Å². The van der Waals surface area contributed by atoms with E-state index in [0.29, 0.717) is 17.4 Å². The normalized spacial score (nSPS) is 16.1. The second kappa shape index (κ2) is 4.94. The predicted octanol–water partition coefficient (Wildman–Crippen LogP) is 1.04. The molecule has 1 heterocycles. The summed E-state index contributed by atoms with van der Waals surface area (Å²) in [6, 6.07) is 3.75. The quantitative estimate of drug-likeness (QED) is 0.525. The van der Waals surface area contributed by atoms with E-state index in [4.69, 9.17) is 5.84 Å². The second-order valence-electron chi connectivity index (χ2n) is 4.00. The van der Waals surface area contributed by atoms with Gasteiger partial charge in [-0.1, -0.05) is 12.8 Å². The van der Waals surface area contributed by atoms with Gasteiger partial charge >= 0.3 is 0 Å². The Kier molecular flexibility index (Phi) is 3.36. The number of carbonyl (C=O) groups is 1. The molecule has 0 atom stereocenters. The summed E-state index contributed by atoms with van der Waals surface area (Å²) in [4.78, 5) is 15.9. The number of hydrazine groups is 1. The molecular formula is C11H16N4O. The summed E-state index contributed by atoms with van der Waals surface area (Å²) in [7, 11) is 0. The largest absolute Gasteiger partial charge is 0.349 e. The Labute approximate surface area is 94.4 Å². The van der Waals surface area contributed by atoms with Crippen molar-refractivity contribution in [3.05, 3.63) is 23.9 Å². The van der Waals surface area contributed by atoms with Gasteiger partial charge in [0.05, 0.1) is 5.56 Å². The molecule has 1 amide bonds. The predicted molar refractivity (Wildman–Crippen MR) is 61.8 cm³/mol. The topological polar surface area (TPSA) is 80.0 Å². The lowest BCUT2D eigenvalue weighted by atomic mass is 10.2. The second-order valence-corrected chi connectivity index (χ2v) is 4.00. The van der Waals surface area contributed by atoms with Crippen LogP contribution in [0.5, 0.6) is 0 Å². The van der Waals surface area contributed by atoms with E-state index in [1.165, 1.54) is 12.8 Å².